The average molecular weight is 156 g/mol. The summed E-state index contributed by atoms with van der Waals surface area (Å²) in [4.78, 5) is 21.4. The maximum atomic E-state index is 11.0. The molecule has 0 aromatic rings. The molecule has 0 aliphatic carbocycles. The highest BCUT2D eigenvalue weighted by atomic mass is 16.5. The van der Waals surface area contributed by atoms with Crippen molar-refractivity contribution in [3.63, 3.8) is 0 Å². The van der Waals surface area contributed by atoms with E-state index in [4.69, 9.17) is 4.74 Å². The van der Waals surface area contributed by atoms with Gasteiger partial charge in [0.1, 0.15) is 12.1 Å². The molecule has 2 unspecified atom stereocenters. The lowest BCUT2D eigenvalue weighted by molar-refractivity contribution is -0.132. The minimum Gasteiger partial charge on any atom is -0.381 e. The van der Waals surface area contributed by atoms with Gasteiger partial charge in [0.15, 0.2) is 0 Å². The number of ketones is 1. The molecule has 11 heavy (non-hydrogen) atoms. The Bertz CT molecular complexity index is 165. The van der Waals surface area contributed by atoms with Crippen molar-refractivity contribution in [2.24, 2.45) is 11.8 Å². The summed E-state index contributed by atoms with van der Waals surface area (Å²) >= 11 is 0. The highest BCUT2D eigenvalue weighted by Crippen LogP contribution is 2.20. The molecule has 1 saturated heterocycles. The molecule has 0 aromatic heterocycles. The molecular formula is C8H12O3. The van der Waals surface area contributed by atoms with E-state index >= 15 is 0 Å². The first-order valence-corrected chi connectivity index (χ1v) is 3.79. The Kier molecular flexibility index (Phi) is 2.76. The van der Waals surface area contributed by atoms with Crippen molar-refractivity contribution >= 4 is 12.1 Å². The van der Waals surface area contributed by atoms with Crippen LogP contribution in [0.15, 0.2) is 0 Å². The van der Waals surface area contributed by atoms with Gasteiger partial charge in [0.25, 0.3) is 0 Å². The average Bonchev–Trinajstić information content (AvgIpc) is 2.04. The Labute approximate surface area is 65.7 Å². The standard InChI is InChI=1S/C8H12O3/c1-6(10)8-2-3-11-5-7(8)4-9/h4,7-8H,2-3,5H2,1H3. The minimum absolute atomic E-state index is 0.0961. The van der Waals surface area contributed by atoms with Crippen LogP contribution in [0.2, 0.25) is 0 Å². The summed E-state index contributed by atoms with van der Waals surface area (Å²) < 4.78 is 5.07. The molecule has 2 atom stereocenters. The van der Waals surface area contributed by atoms with Gasteiger partial charge in [0.05, 0.1) is 6.61 Å². The van der Waals surface area contributed by atoms with E-state index in [2.05, 4.69) is 0 Å². The summed E-state index contributed by atoms with van der Waals surface area (Å²) in [5.41, 5.74) is 0. The highest BCUT2D eigenvalue weighted by Gasteiger charge is 2.28. The van der Waals surface area contributed by atoms with Gasteiger partial charge < -0.3 is 9.53 Å². The Morgan fingerprint density at radius 1 is 1.64 bits per heavy atom. The maximum absolute atomic E-state index is 11.0. The largest absolute Gasteiger partial charge is 0.381 e. The van der Waals surface area contributed by atoms with Crippen molar-refractivity contribution in [2.45, 2.75) is 13.3 Å². The third-order valence-corrected chi connectivity index (χ3v) is 2.10. The summed E-state index contributed by atoms with van der Waals surface area (Å²) in [5, 5.41) is 0. The zero-order chi connectivity index (χ0) is 8.27. The lowest BCUT2D eigenvalue weighted by Gasteiger charge is -2.25. The molecular weight excluding hydrogens is 144 g/mol. The van der Waals surface area contributed by atoms with Crippen molar-refractivity contribution in [3.05, 3.63) is 0 Å². The molecule has 0 aromatic carbocycles. The van der Waals surface area contributed by atoms with Crippen molar-refractivity contribution in [1.29, 1.82) is 0 Å². The van der Waals surface area contributed by atoms with Crippen LogP contribution in [-0.4, -0.2) is 25.3 Å². The number of Topliss-reactive ketones (excluding diaryl/α,β-unsaturated/α-hetero) is 1. The second-order valence-electron chi connectivity index (χ2n) is 2.88. The number of rotatable bonds is 2. The summed E-state index contributed by atoms with van der Waals surface area (Å²) in [5.74, 6) is -0.201. The van der Waals surface area contributed by atoms with E-state index in [0.29, 0.717) is 19.6 Å². The van der Waals surface area contributed by atoms with Gasteiger partial charge in [-0.15, -0.1) is 0 Å². The molecule has 0 saturated carbocycles. The monoisotopic (exact) mass is 156 g/mol. The van der Waals surface area contributed by atoms with Crippen LogP contribution in [0.3, 0.4) is 0 Å². The molecule has 0 N–H and O–H groups in total. The predicted octanol–water partition coefficient (Wildman–Crippen LogP) is 0.427. The lowest BCUT2D eigenvalue weighted by atomic mass is 9.87. The predicted molar refractivity (Wildman–Crippen MR) is 39.2 cm³/mol. The van der Waals surface area contributed by atoms with Crippen molar-refractivity contribution in [3.8, 4) is 0 Å². The molecule has 0 bridgehead atoms. The second kappa shape index (κ2) is 3.62. The van der Waals surface area contributed by atoms with Crippen molar-refractivity contribution in [1.82, 2.24) is 0 Å². The van der Waals surface area contributed by atoms with Crippen LogP contribution in [0.5, 0.6) is 0 Å². The van der Waals surface area contributed by atoms with Crippen molar-refractivity contribution in [2.75, 3.05) is 13.2 Å². The molecule has 62 valence electrons. The van der Waals surface area contributed by atoms with Gasteiger partial charge in [-0.05, 0) is 13.3 Å². The van der Waals surface area contributed by atoms with Gasteiger partial charge in [-0.1, -0.05) is 0 Å². The zero-order valence-electron chi connectivity index (χ0n) is 6.58. The molecule has 0 radical (unpaired) electrons. The molecule has 1 heterocycles. The molecule has 1 aliphatic rings. The molecule has 1 rings (SSSR count). The van der Waals surface area contributed by atoms with E-state index in [1.54, 1.807) is 0 Å². The van der Waals surface area contributed by atoms with Crippen LogP contribution >= 0.6 is 0 Å². The van der Waals surface area contributed by atoms with Gasteiger partial charge in [-0.25, -0.2) is 0 Å². The normalized spacial score (nSPS) is 31.4. The first-order chi connectivity index (χ1) is 5.25. The van der Waals surface area contributed by atoms with Crippen LogP contribution < -0.4 is 0 Å². The third kappa shape index (κ3) is 1.87. The van der Waals surface area contributed by atoms with Crippen LogP contribution in [0, 0.1) is 11.8 Å². The summed E-state index contributed by atoms with van der Waals surface area (Å²) in [6.07, 6.45) is 1.52. The summed E-state index contributed by atoms with van der Waals surface area (Å²) in [7, 11) is 0. The molecule has 3 heteroatoms. The molecule has 1 fully saturated rings. The number of hydrogen-bond acceptors (Lipinski definition) is 3. The molecule has 1 aliphatic heterocycles. The van der Waals surface area contributed by atoms with E-state index < -0.39 is 0 Å². The van der Waals surface area contributed by atoms with E-state index in [-0.39, 0.29) is 17.6 Å². The zero-order valence-corrected chi connectivity index (χ0v) is 6.58. The first-order valence-electron chi connectivity index (χ1n) is 3.79. The van der Waals surface area contributed by atoms with Crippen LogP contribution in [0.25, 0.3) is 0 Å². The van der Waals surface area contributed by atoms with E-state index in [1.807, 2.05) is 0 Å². The Morgan fingerprint density at radius 3 is 2.82 bits per heavy atom. The van der Waals surface area contributed by atoms with Gasteiger partial charge in [0, 0.05) is 18.4 Å². The Balaban J connectivity index is 2.58. The maximum Gasteiger partial charge on any atom is 0.133 e. The fraction of sp³-hybridized carbons (Fsp3) is 0.750. The number of carbonyl (C=O) groups excluding carboxylic acids is 2. The smallest absolute Gasteiger partial charge is 0.133 e. The van der Waals surface area contributed by atoms with E-state index in [9.17, 15) is 9.59 Å². The Morgan fingerprint density at radius 2 is 2.36 bits per heavy atom. The fourth-order valence-corrected chi connectivity index (χ4v) is 1.40. The number of hydrogen-bond donors (Lipinski definition) is 0. The highest BCUT2D eigenvalue weighted by molar-refractivity contribution is 5.81. The Hall–Kier alpha value is -0.700. The molecule has 0 spiro atoms. The second-order valence-corrected chi connectivity index (χ2v) is 2.88. The van der Waals surface area contributed by atoms with Crippen LogP contribution in [-0.2, 0) is 14.3 Å². The van der Waals surface area contributed by atoms with Gasteiger partial charge in [-0.2, -0.15) is 0 Å². The third-order valence-electron chi connectivity index (χ3n) is 2.10. The van der Waals surface area contributed by atoms with Crippen LogP contribution in [0.1, 0.15) is 13.3 Å². The lowest BCUT2D eigenvalue weighted by Crippen LogP contribution is -2.32. The number of carbonyl (C=O) groups is 2. The van der Waals surface area contributed by atoms with Gasteiger partial charge >= 0.3 is 0 Å². The minimum atomic E-state index is -0.207. The first kappa shape index (κ1) is 8.40. The topological polar surface area (TPSA) is 43.4 Å². The summed E-state index contributed by atoms with van der Waals surface area (Å²) in [6.45, 7) is 2.55. The number of ether oxygens (including phenoxy) is 1. The molecule has 0 amide bonds. The quantitative estimate of drug-likeness (QED) is 0.544. The van der Waals surface area contributed by atoms with Gasteiger partial charge in [-0.3, -0.25) is 4.79 Å². The number of aldehydes is 1. The molecule has 3 nitrogen and oxygen atoms in total. The fourth-order valence-electron chi connectivity index (χ4n) is 1.40. The summed E-state index contributed by atoms with van der Waals surface area (Å²) in [6, 6.07) is 0. The SMILES string of the molecule is CC(=O)C1CCOCC1C=O. The van der Waals surface area contributed by atoms with Gasteiger partial charge in [0.2, 0.25) is 0 Å². The van der Waals surface area contributed by atoms with Crippen molar-refractivity contribution < 1.29 is 14.3 Å². The van der Waals surface area contributed by atoms with Crippen LogP contribution in [0.4, 0.5) is 0 Å². The van der Waals surface area contributed by atoms with E-state index in [0.717, 1.165) is 6.29 Å². The van der Waals surface area contributed by atoms with E-state index in [1.165, 1.54) is 6.92 Å².